The zero-order valence-corrected chi connectivity index (χ0v) is 14.1. The minimum Gasteiger partial charge on any atom is -0.338 e. The SMILES string of the molecule is Cl.Cn1cncc1C1CCCN(C(=O)/C=C/c2ccccc2)C1. The number of imidazole rings is 1. The van der Waals surface area contributed by atoms with E-state index in [9.17, 15) is 4.79 Å². The minimum absolute atomic E-state index is 0. The molecule has 1 aromatic carbocycles. The van der Waals surface area contributed by atoms with Gasteiger partial charge in [0, 0.05) is 44.0 Å². The number of piperidine rings is 1. The highest BCUT2D eigenvalue weighted by Gasteiger charge is 2.25. The average molecular weight is 332 g/mol. The van der Waals surface area contributed by atoms with Crippen LogP contribution in [0.5, 0.6) is 0 Å². The van der Waals surface area contributed by atoms with Crippen LogP contribution in [0, 0.1) is 0 Å². The van der Waals surface area contributed by atoms with E-state index in [0.717, 1.165) is 31.5 Å². The van der Waals surface area contributed by atoms with Gasteiger partial charge in [0.2, 0.25) is 5.91 Å². The van der Waals surface area contributed by atoms with Gasteiger partial charge < -0.3 is 9.47 Å². The van der Waals surface area contributed by atoms with Crippen LogP contribution in [0.2, 0.25) is 0 Å². The summed E-state index contributed by atoms with van der Waals surface area (Å²) in [6.07, 6.45) is 9.47. The number of halogens is 1. The standard InChI is InChI=1S/C18H21N3O.ClH/c1-20-14-19-12-17(20)16-8-5-11-21(13-16)18(22)10-9-15-6-3-2-4-7-15;/h2-4,6-7,9-10,12,14,16H,5,8,11,13H2,1H3;1H/b10-9+;. The summed E-state index contributed by atoms with van der Waals surface area (Å²) in [6, 6.07) is 9.92. The molecular weight excluding hydrogens is 310 g/mol. The second-order valence-electron chi connectivity index (χ2n) is 5.80. The van der Waals surface area contributed by atoms with Gasteiger partial charge in [-0.25, -0.2) is 4.98 Å². The van der Waals surface area contributed by atoms with Gasteiger partial charge in [0.15, 0.2) is 0 Å². The molecule has 0 spiro atoms. The number of hydrogen-bond acceptors (Lipinski definition) is 2. The van der Waals surface area contributed by atoms with Gasteiger partial charge in [-0.1, -0.05) is 30.3 Å². The lowest BCUT2D eigenvalue weighted by Gasteiger charge is -2.32. The van der Waals surface area contributed by atoms with E-state index in [1.54, 1.807) is 6.08 Å². The third kappa shape index (κ3) is 4.23. The molecule has 0 saturated carbocycles. The van der Waals surface area contributed by atoms with E-state index in [0.29, 0.717) is 5.92 Å². The van der Waals surface area contributed by atoms with Crippen molar-refractivity contribution in [3.63, 3.8) is 0 Å². The minimum atomic E-state index is 0. The molecule has 0 aliphatic carbocycles. The summed E-state index contributed by atoms with van der Waals surface area (Å²) in [5.41, 5.74) is 2.26. The summed E-state index contributed by atoms with van der Waals surface area (Å²) in [5.74, 6) is 0.478. The lowest BCUT2D eigenvalue weighted by Crippen LogP contribution is -2.38. The van der Waals surface area contributed by atoms with Crippen LogP contribution in [-0.4, -0.2) is 33.4 Å². The van der Waals surface area contributed by atoms with Crippen molar-refractivity contribution in [2.24, 2.45) is 7.05 Å². The molecule has 1 aliphatic rings. The number of amides is 1. The second-order valence-corrected chi connectivity index (χ2v) is 5.80. The van der Waals surface area contributed by atoms with Crippen molar-refractivity contribution in [2.75, 3.05) is 13.1 Å². The molecule has 1 aromatic heterocycles. The molecule has 1 saturated heterocycles. The number of carbonyl (C=O) groups excluding carboxylic acids is 1. The number of carbonyl (C=O) groups is 1. The number of hydrogen-bond donors (Lipinski definition) is 0. The Morgan fingerprint density at radius 1 is 1.30 bits per heavy atom. The first-order valence-electron chi connectivity index (χ1n) is 7.72. The van der Waals surface area contributed by atoms with E-state index in [-0.39, 0.29) is 18.3 Å². The number of benzene rings is 1. The Morgan fingerprint density at radius 2 is 2.09 bits per heavy atom. The van der Waals surface area contributed by atoms with Crippen molar-refractivity contribution in [1.82, 2.24) is 14.5 Å². The Bertz CT molecular complexity index is 666. The topological polar surface area (TPSA) is 38.1 Å². The van der Waals surface area contributed by atoms with Gasteiger partial charge in [0.1, 0.15) is 0 Å². The lowest BCUT2D eigenvalue weighted by atomic mass is 9.95. The molecule has 23 heavy (non-hydrogen) atoms. The van der Waals surface area contributed by atoms with E-state index in [2.05, 4.69) is 9.55 Å². The van der Waals surface area contributed by atoms with Crippen LogP contribution in [0.4, 0.5) is 0 Å². The smallest absolute Gasteiger partial charge is 0.246 e. The maximum atomic E-state index is 12.4. The largest absolute Gasteiger partial charge is 0.338 e. The monoisotopic (exact) mass is 331 g/mol. The summed E-state index contributed by atoms with van der Waals surface area (Å²) in [4.78, 5) is 18.5. The quantitative estimate of drug-likeness (QED) is 0.810. The molecule has 4 nitrogen and oxygen atoms in total. The van der Waals surface area contributed by atoms with Crippen LogP contribution in [0.15, 0.2) is 48.9 Å². The van der Waals surface area contributed by atoms with E-state index >= 15 is 0 Å². The summed E-state index contributed by atoms with van der Waals surface area (Å²) >= 11 is 0. The third-order valence-corrected chi connectivity index (χ3v) is 4.22. The van der Waals surface area contributed by atoms with Crippen molar-refractivity contribution >= 4 is 24.4 Å². The number of likely N-dealkylation sites (tertiary alicyclic amines) is 1. The van der Waals surface area contributed by atoms with Gasteiger partial charge in [-0.05, 0) is 24.5 Å². The van der Waals surface area contributed by atoms with E-state index < -0.39 is 0 Å². The molecule has 0 N–H and O–H groups in total. The molecule has 1 aliphatic heterocycles. The van der Waals surface area contributed by atoms with Crippen LogP contribution in [0.3, 0.4) is 0 Å². The average Bonchev–Trinajstić information content (AvgIpc) is 3.00. The molecule has 1 unspecified atom stereocenters. The van der Waals surface area contributed by atoms with E-state index in [4.69, 9.17) is 0 Å². The number of aromatic nitrogens is 2. The van der Waals surface area contributed by atoms with Gasteiger partial charge in [-0.15, -0.1) is 12.4 Å². The molecular formula is C18H22ClN3O. The van der Waals surface area contributed by atoms with Crippen LogP contribution < -0.4 is 0 Å². The molecule has 5 heteroatoms. The van der Waals surface area contributed by atoms with Crippen molar-refractivity contribution in [3.8, 4) is 0 Å². The first kappa shape index (κ1) is 17.3. The molecule has 1 fully saturated rings. The second kappa shape index (κ2) is 7.97. The normalized spacial score (nSPS) is 18.0. The van der Waals surface area contributed by atoms with Crippen LogP contribution in [0.25, 0.3) is 6.08 Å². The molecule has 1 atom stereocenters. The Kier molecular flexibility index (Phi) is 5.99. The first-order chi connectivity index (χ1) is 10.7. The van der Waals surface area contributed by atoms with Gasteiger partial charge in [0.05, 0.1) is 6.33 Å². The van der Waals surface area contributed by atoms with Crippen molar-refractivity contribution < 1.29 is 4.79 Å². The van der Waals surface area contributed by atoms with Crippen molar-refractivity contribution in [3.05, 3.63) is 60.2 Å². The summed E-state index contributed by atoms with van der Waals surface area (Å²) in [5, 5.41) is 0. The summed E-state index contributed by atoms with van der Waals surface area (Å²) < 4.78 is 2.05. The Hall–Kier alpha value is -2.07. The fourth-order valence-corrected chi connectivity index (χ4v) is 3.02. The van der Waals surface area contributed by atoms with Crippen molar-refractivity contribution in [2.45, 2.75) is 18.8 Å². The Labute approximate surface area is 143 Å². The van der Waals surface area contributed by atoms with Gasteiger partial charge in [-0.2, -0.15) is 0 Å². The fraction of sp³-hybridized carbons (Fsp3) is 0.333. The molecule has 122 valence electrons. The highest BCUT2D eigenvalue weighted by Crippen LogP contribution is 2.26. The predicted molar refractivity (Wildman–Crippen MR) is 94.5 cm³/mol. The highest BCUT2D eigenvalue weighted by atomic mass is 35.5. The zero-order chi connectivity index (χ0) is 15.4. The fourth-order valence-electron chi connectivity index (χ4n) is 3.02. The van der Waals surface area contributed by atoms with Crippen LogP contribution in [-0.2, 0) is 11.8 Å². The maximum Gasteiger partial charge on any atom is 0.246 e. The summed E-state index contributed by atoms with van der Waals surface area (Å²) in [6.45, 7) is 1.61. The summed E-state index contributed by atoms with van der Waals surface area (Å²) in [7, 11) is 2.01. The molecule has 2 heterocycles. The van der Waals surface area contributed by atoms with Crippen LogP contribution >= 0.6 is 12.4 Å². The molecule has 0 bridgehead atoms. The lowest BCUT2D eigenvalue weighted by molar-refractivity contribution is -0.127. The number of nitrogens with zero attached hydrogens (tertiary/aromatic N) is 3. The third-order valence-electron chi connectivity index (χ3n) is 4.22. The maximum absolute atomic E-state index is 12.4. The first-order valence-corrected chi connectivity index (χ1v) is 7.72. The van der Waals surface area contributed by atoms with Crippen LogP contribution in [0.1, 0.15) is 30.0 Å². The number of aryl methyl sites for hydroxylation is 1. The molecule has 1 amide bonds. The number of rotatable bonds is 3. The highest BCUT2D eigenvalue weighted by molar-refractivity contribution is 5.91. The van der Waals surface area contributed by atoms with Gasteiger partial charge in [0.25, 0.3) is 0 Å². The molecule has 2 aromatic rings. The molecule has 0 radical (unpaired) electrons. The van der Waals surface area contributed by atoms with Gasteiger partial charge >= 0.3 is 0 Å². The Balaban J connectivity index is 0.00000192. The van der Waals surface area contributed by atoms with Crippen molar-refractivity contribution in [1.29, 1.82) is 0 Å². The van der Waals surface area contributed by atoms with Gasteiger partial charge in [-0.3, -0.25) is 4.79 Å². The molecule has 3 rings (SSSR count). The predicted octanol–water partition coefficient (Wildman–Crippen LogP) is 3.26. The van der Waals surface area contributed by atoms with E-state index in [1.165, 1.54) is 5.69 Å². The Morgan fingerprint density at radius 3 is 2.78 bits per heavy atom. The van der Waals surface area contributed by atoms with E-state index in [1.807, 2.05) is 60.9 Å². The zero-order valence-electron chi connectivity index (χ0n) is 13.3.